The minimum absolute atomic E-state index is 0.202. The van der Waals surface area contributed by atoms with Gasteiger partial charge in [0.15, 0.2) is 23.3 Å². The fraction of sp³-hybridized carbons (Fsp3) is 0.600. The molecule has 0 saturated carbocycles. The molecule has 0 heterocycles. The average Bonchev–Trinajstić information content (AvgIpc) is 2.57. The maximum absolute atomic E-state index is 13.5. The zero-order valence-electron chi connectivity index (χ0n) is 13.4. The van der Waals surface area contributed by atoms with Gasteiger partial charge in [0.1, 0.15) is 0 Å². The van der Waals surface area contributed by atoms with Crippen LogP contribution in [0.15, 0.2) is 0 Å². The molecule has 8 heteroatoms. The van der Waals surface area contributed by atoms with Crippen molar-refractivity contribution in [3.63, 3.8) is 0 Å². The van der Waals surface area contributed by atoms with Crippen LogP contribution in [0.25, 0.3) is 0 Å². The molecule has 23 heavy (non-hydrogen) atoms. The maximum Gasteiger partial charge on any atom is 0.337 e. The van der Waals surface area contributed by atoms with Gasteiger partial charge in [0, 0.05) is 19.8 Å². The Hall–Kier alpha value is -0.993. The Morgan fingerprint density at radius 1 is 0.739 bits per heavy atom. The smallest absolute Gasteiger partial charge is 0.337 e. The van der Waals surface area contributed by atoms with Crippen molar-refractivity contribution in [3.8, 4) is 0 Å². The van der Waals surface area contributed by atoms with Gasteiger partial charge in [0.05, 0.1) is 0 Å². The summed E-state index contributed by atoms with van der Waals surface area (Å²) in [6.07, 6.45) is 1.41. The number of hydrogen-bond donors (Lipinski definition) is 0. The normalized spacial score (nSPS) is 12.0. The molecule has 0 atom stereocenters. The van der Waals surface area contributed by atoms with E-state index < -0.39 is 43.2 Å². The summed E-state index contributed by atoms with van der Waals surface area (Å²) in [4.78, 5) is 0. The third kappa shape index (κ3) is 4.51. The monoisotopic (exact) mass is 356 g/mol. The Balaban J connectivity index is 2.61. The van der Waals surface area contributed by atoms with Gasteiger partial charge in [-0.2, -0.15) is 0 Å². The second-order valence-electron chi connectivity index (χ2n) is 5.28. The van der Waals surface area contributed by atoms with Crippen molar-refractivity contribution in [2.24, 2.45) is 0 Å². The van der Waals surface area contributed by atoms with Crippen LogP contribution in [-0.4, -0.2) is 22.8 Å². The first kappa shape index (κ1) is 20.1. The Kier molecular flexibility index (Phi) is 7.63. The molecule has 0 amide bonds. The maximum atomic E-state index is 13.5. The highest BCUT2D eigenvalue weighted by molar-refractivity contribution is 6.67. The summed E-state index contributed by atoms with van der Waals surface area (Å²) >= 11 is 0. The van der Waals surface area contributed by atoms with Crippen molar-refractivity contribution in [2.75, 3.05) is 14.2 Å². The zero-order chi connectivity index (χ0) is 17.6. The standard InChI is InChI=1S/C15H21F5O2Si/c1-4-23(21-2,22-3)9-7-5-6-8-10-11(16)13(18)15(20)14(19)12(10)17/h4-9H2,1-3H3. The van der Waals surface area contributed by atoms with Crippen molar-refractivity contribution in [2.45, 2.75) is 44.7 Å². The summed E-state index contributed by atoms with van der Waals surface area (Å²) in [5, 5.41) is 0. The predicted octanol–water partition coefficient (Wildman–Crippen LogP) is 4.85. The van der Waals surface area contributed by atoms with E-state index in [2.05, 4.69) is 0 Å². The third-order valence-electron chi connectivity index (χ3n) is 4.07. The summed E-state index contributed by atoms with van der Waals surface area (Å²) in [5.74, 6) is -9.40. The fourth-order valence-electron chi connectivity index (χ4n) is 2.50. The van der Waals surface area contributed by atoms with E-state index in [1.54, 1.807) is 14.2 Å². The molecule has 0 aromatic heterocycles. The van der Waals surface area contributed by atoms with Crippen molar-refractivity contribution in [3.05, 3.63) is 34.6 Å². The zero-order valence-corrected chi connectivity index (χ0v) is 14.4. The fourth-order valence-corrected chi connectivity index (χ4v) is 4.79. The van der Waals surface area contributed by atoms with Crippen molar-refractivity contribution in [1.82, 2.24) is 0 Å². The van der Waals surface area contributed by atoms with E-state index in [1.165, 1.54) is 0 Å². The van der Waals surface area contributed by atoms with Crippen LogP contribution in [-0.2, 0) is 15.3 Å². The molecule has 0 bridgehead atoms. The molecule has 132 valence electrons. The molecule has 0 saturated heterocycles. The molecule has 1 aromatic rings. The van der Waals surface area contributed by atoms with Crippen LogP contribution in [0.4, 0.5) is 22.0 Å². The van der Waals surface area contributed by atoms with Crippen LogP contribution in [0, 0.1) is 29.1 Å². The largest absolute Gasteiger partial charge is 0.398 e. The summed E-state index contributed by atoms with van der Waals surface area (Å²) in [6.45, 7) is 1.97. The van der Waals surface area contributed by atoms with E-state index in [0.717, 1.165) is 6.04 Å². The van der Waals surface area contributed by atoms with E-state index >= 15 is 0 Å². The lowest BCUT2D eigenvalue weighted by Gasteiger charge is -2.25. The summed E-state index contributed by atoms with van der Waals surface area (Å²) in [5.41, 5.74) is -0.751. The van der Waals surface area contributed by atoms with Gasteiger partial charge in [-0.05, 0) is 24.9 Å². The van der Waals surface area contributed by atoms with Gasteiger partial charge in [0.25, 0.3) is 0 Å². The predicted molar refractivity (Wildman–Crippen MR) is 78.8 cm³/mol. The number of unbranched alkanes of at least 4 members (excludes halogenated alkanes) is 2. The first-order chi connectivity index (χ1) is 10.8. The highest BCUT2D eigenvalue weighted by Crippen LogP contribution is 2.25. The van der Waals surface area contributed by atoms with Crippen LogP contribution in [0.5, 0.6) is 0 Å². The van der Waals surface area contributed by atoms with Gasteiger partial charge < -0.3 is 8.85 Å². The third-order valence-corrected chi connectivity index (χ3v) is 7.75. The summed E-state index contributed by atoms with van der Waals surface area (Å²) in [7, 11) is 0.971. The molecule has 1 rings (SSSR count). The number of rotatable bonds is 9. The van der Waals surface area contributed by atoms with Crippen molar-refractivity contribution < 1.29 is 30.8 Å². The van der Waals surface area contributed by atoms with Crippen molar-refractivity contribution in [1.29, 1.82) is 0 Å². The van der Waals surface area contributed by atoms with E-state index in [9.17, 15) is 22.0 Å². The molecule has 0 fully saturated rings. The Morgan fingerprint density at radius 3 is 1.65 bits per heavy atom. The first-order valence-corrected chi connectivity index (χ1v) is 9.67. The van der Waals surface area contributed by atoms with Gasteiger partial charge in [-0.1, -0.05) is 19.8 Å². The number of benzene rings is 1. The quantitative estimate of drug-likeness (QED) is 0.207. The molecule has 2 nitrogen and oxygen atoms in total. The van der Waals surface area contributed by atoms with Crippen LogP contribution in [0.1, 0.15) is 31.7 Å². The second kappa shape index (κ2) is 8.75. The van der Waals surface area contributed by atoms with Crippen LogP contribution in [0.2, 0.25) is 12.1 Å². The highest BCUT2D eigenvalue weighted by atomic mass is 28.4. The van der Waals surface area contributed by atoms with E-state index in [0.29, 0.717) is 25.3 Å². The Bertz CT molecular complexity index is 498. The van der Waals surface area contributed by atoms with Crippen LogP contribution in [0.3, 0.4) is 0 Å². The lowest BCUT2D eigenvalue weighted by Crippen LogP contribution is -2.38. The molecule has 0 N–H and O–H groups in total. The van der Waals surface area contributed by atoms with Crippen LogP contribution < -0.4 is 0 Å². The molecule has 0 aliphatic rings. The Labute approximate surface area is 133 Å². The van der Waals surface area contributed by atoms with Gasteiger partial charge in [-0.25, -0.2) is 22.0 Å². The molecule has 0 spiro atoms. The summed E-state index contributed by atoms with van der Waals surface area (Å²) < 4.78 is 77.0. The van der Waals surface area contributed by atoms with Gasteiger partial charge >= 0.3 is 8.56 Å². The van der Waals surface area contributed by atoms with Gasteiger partial charge in [-0.3, -0.25) is 0 Å². The highest BCUT2D eigenvalue weighted by Gasteiger charge is 2.32. The van der Waals surface area contributed by atoms with E-state index in [-0.39, 0.29) is 6.42 Å². The molecule has 0 unspecified atom stereocenters. The van der Waals surface area contributed by atoms with Crippen molar-refractivity contribution >= 4 is 8.56 Å². The van der Waals surface area contributed by atoms with Crippen LogP contribution >= 0.6 is 0 Å². The molecule has 0 radical (unpaired) electrons. The first-order valence-electron chi connectivity index (χ1n) is 7.44. The SMILES string of the molecule is CC[Si](CCCCCc1c(F)c(F)c(F)c(F)c1F)(OC)OC. The van der Waals surface area contributed by atoms with Gasteiger partial charge in [-0.15, -0.1) is 0 Å². The summed E-state index contributed by atoms with van der Waals surface area (Å²) in [6, 6.07) is 1.49. The topological polar surface area (TPSA) is 18.5 Å². The number of hydrogen-bond acceptors (Lipinski definition) is 2. The number of halogens is 5. The molecule has 0 aliphatic heterocycles. The Morgan fingerprint density at radius 2 is 1.22 bits per heavy atom. The average molecular weight is 356 g/mol. The molecular formula is C15H21F5O2Si. The minimum atomic E-state index is -2.21. The molecular weight excluding hydrogens is 335 g/mol. The molecule has 0 aliphatic carbocycles. The van der Waals surface area contributed by atoms with E-state index in [4.69, 9.17) is 8.85 Å². The second-order valence-corrected chi connectivity index (χ2v) is 9.13. The minimum Gasteiger partial charge on any atom is -0.398 e. The van der Waals surface area contributed by atoms with E-state index in [1.807, 2.05) is 6.92 Å². The van der Waals surface area contributed by atoms with Gasteiger partial charge in [0.2, 0.25) is 5.82 Å². The lowest BCUT2D eigenvalue weighted by molar-refractivity contribution is 0.241. The molecule has 1 aromatic carbocycles. The lowest BCUT2D eigenvalue weighted by atomic mass is 10.1.